The summed E-state index contributed by atoms with van der Waals surface area (Å²) in [7, 11) is 0. The number of phenolic OH excluding ortho intramolecular Hbond substituents is 1. The summed E-state index contributed by atoms with van der Waals surface area (Å²) in [6.07, 6.45) is 0. The molecule has 0 spiro atoms. The molecule has 0 amide bonds. The molecule has 5 rings (SSSR count). The first-order valence-corrected chi connectivity index (χ1v) is 10.5. The summed E-state index contributed by atoms with van der Waals surface area (Å²) in [6, 6.07) is 23.1. The van der Waals surface area contributed by atoms with Crippen LogP contribution in [0.4, 0.5) is 4.39 Å². The quantitative estimate of drug-likeness (QED) is 0.308. The maximum absolute atomic E-state index is 13.7. The number of halogens is 2. The Morgan fingerprint density at radius 2 is 1.81 bits per heavy atom. The molecule has 0 unspecified atom stereocenters. The minimum Gasteiger partial charge on any atom is -0.506 e. The van der Waals surface area contributed by atoms with Crippen LogP contribution in [0.5, 0.6) is 11.5 Å². The van der Waals surface area contributed by atoms with Gasteiger partial charge >= 0.3 is 0 Å². The van der Waals surface area contributed by atoms with Gasteiger partial charge in [0.05, 0.1) is 21.9 Å². The number of hydrogen-bond acceptors (Lipinski definition) is 3. The average Bonchev–Trinajstić information content (AvgIpc) is 3.41. The molecule has 0 aliphatic heterocycles. The number of furan rings is 1. The zero-order valence-corrected chi connectivity index (χ0v) is 17.9. The van der Waals surface area contributed by atoms with Crippen molar-refractivity contribution in [2.45, 2.75) is 13.5 Å². The molecule has 4 nitrogen and oxygen atoms in total. The Bertz CT molecular complexity index is 1420. The molecule has 6 heteroatoms. The zero-order chi connectivity index (χ0) is 22.2. The Morgan fingerprint density at radius 1 is 1.00 bits per heavy atom. The standard InChI is InChI=1S/C26H19ClFNO3/c1-16-19(10-11-21(30)25(16)27)29-20(22-12-13-24(28)32-22)14-18-8-5-9-23(26(18)29)31-15-17-6-3-2-4-7-17/h2-14,30H,15H2,1H3. The molecule has 0 radical (unpaired) electrons. The normalized spacial score (nSPS) is 11.2. The van der Waals surface area contributed by atoms with Crippen LogP contribution in [0.25, 0.3) is 28.0 Å². The van der Waals surface area contributed by atoms with E-state index in [9.17, 15) is 9.50 Å². The lowest BCUT2D eigenvalue weighted by Gasteiger charge is -2.16. The summed E-state index contributed by atoms with van der Waals surface area (Å²) in [5, 5.41) is 11.2. The van der Waals surface area contributed by atoms with Crippen molar-refractivity contribution in [3.63, 3.8) is 0 Å². The number of hydrogen-bond donors (Lipinski definition) is 1. The second kappa shape index (κ2) is 8.09. The van der Waals surface area contributed by atoms with E-state index in [0.717, 1.165) is 22.2 Å². The van der Waals surface area contributed by atoms with E-state index in [1.807, 2.05) is 66.1 Å². The summed E-state index contributed by atoms with van der Waals surface area (Å²) in [4.78, 5) is 0. The lowest BCUT2D eigenvalue weighted by atomic mass is 10.1. The summed E-state index contributed by atoms with van der Waals surface area (Å²) < 4.78 is 27.2. The second-order valence-electron chi connectivity index (χ2n) is 7.48. The molecule has 0 saturated carbocycles. The van der Waals surface area contributed by atoms with Crippen LogP contribution in [0.2, 0.25) is 5.02 Å². The van der Waals surface area contributed by atoms with Crippen molar-refractivity contribution in [3.8, 4) is 28.6 Å². The lowest BCUT2D eigenvalue weighted by molar-refractivity contribution is 0.309. The van der Waals surface area contributed by atoms with Gasteiger partial charge in [-0.3, -0.25) is 0 Å². The van der Waals surface area contributed by atoms with Crippen molar-refractivity contribution in [2.75, 3.05) is 0 Å². The van der Waals surface area contributed by atoms with E-state index in [2.05, 4.69) is 0 Å². The highest BCUT2D eigenvalue weighted by Gasteiger charge is 2.21. The van der Waals surface area contributed by atoms with E-state index in [-0.39, 0.29) is 10.8 Å². The summed E-state index contributed by atoms with van der Waals surface area (Å²) in [5.41, 5.74) is 3.88. The Morgan fingerprint density at radius 3 is 2.56 bits per heavy atom. The molecule has 0 bridgehead atoms. The first kappa shape index (κ1) is 20.2. The average molecular weight is 448 g/mol. The summed E-state index contributed by atoms with van der Waals surface area (Å²) in [6.45, 7) is 2.22. The molecule has 2 heterocycles. The maximum atomic E-state index is 13.7. The highest BCUT2D eigenvalue weighted by atomic mass is 35.5. The third-order valence-corrected chi connectivity index (χ3v) is 5.91. The molecule has 3 aromatic carbocycles. The van der Waals surface area contributed by atoms with Gasteiger partial charge in [0.15, 0.2) is 5.76 Å². The molecule has 2 aromatic heterocycles. The van der Waals surface area contributed by atoms with Crippen molar-refractivity contribution in [1.29, 1.82) is 0 Å². The van der Waals surface area contributed by atoms with Crippen LogP contribution in [0.1, 0.15) is 11.1 Å². The van der Waals surface area contributed by atoms with Gasteiger partial charge in [-0.05, 0) is 48.4 Å². The minimum atomic E-state index is -0.669. The molecular weight excluding hydrogens is 429 g/mol. The molecule has 0 aliphatic carbocycles. The van der Waals surface area contributed by atoms with E-state index in [1.165, 1.54) is 12.1 Å². The number of phenols is 1. The molecule has 160 valence electrons. The number of nitrogens with zero attached hydrogens (tertiary/aromatic N) is 1. The van der Waals surface area contributed by atoms with Gasteiger partial charge < -0.3 is 18.8 Å². The number of para-hydroxylation sites is 1. The Kier molecular flexibility index (Phi) is 5.11. The fraction of sp³-hybridized carbons (Fsp3) is 0.0769. The molecule has 5 aromatic rings. The van der Waals surface area contributed by atoms with E-state index >= 15 is 0 Å². The molecule has 32 heavy (non-hydrogen) atoms. The molecule has 0 aliphatic rings. The third-order valence-electron chi connectivity index (χ3n) is 5.43. The van der Waals surface area contributed by atoms with Crippen LogP contribution >= 0.6 is 11.6 Å². The van der Waals surface area contributed by atoms with Gasteiger partial charge in [-0.1, -0.05) is 54.1 Å². The Balaban J connectivity index is 1.74. The number of ether oxygens (including phenoxy) is 1. The fourth-order valence-electron chi connectivity index (χ4n) is 3.87. The number of aromatic nitrogens is 1. The van der Waals surface area contributed by atoms with E-state index in [4.69, 9.17) is 20.8 Å². The van der Waals surface area contributed by atoms with Gasteiger partial charge in [0.25, 0.3) is 6.01 Å². The van der Waals surface area contributed by atoms with Crippen molar-refractivity contribution >= 4 is 22.5 Å². The minimum absolute atomic E-state index is 0.00415. The lowest BCUT2D eigenvalue weighted by Crippen LogP contribution is -2.02. The summed E-state index contributed by atoms with van der Waals surface area (Å²) in [5.74, 6) is 1.03. The second-order valence-corrected chi connectivity index (χ2v) is 7.86. The third kappa shape index (κ3) is 3.51. The summed E-state index contributed by atoms with van der Waals surface area (Å²) >= 11 is 6.36. The highest BCUT2D eigenvalue weighted by Crippen LogP contribution is 2.40. The van der Waals surface area contributed by atoms with Crippen molar-refractivity contribution in [1.82, 2.24) is 4.57 Å². The molecule has 1 N–H and O–H groups in total. The van der Waals surface area contributed by atoms with Crippen LogP contribution in [-0.2, 0) is 6.61 Å². The van der Waals surface area contributed by atoms with E-state index in [0.29, 0.717) is 29.4 Å². The molecular formula is C26H19ClFNO3. The topological polar surface area (TPSA) is 47.5 Å². The predicted molar refractivity (Wildman–Crippen MR) is 123 cm³/mol. The van der Waals surface area contributed by atoms with E-state index < -0.39 is 6.01 Å². The van der Waals surface area contributed by atoms with Gasteiger partial charge in [0.2, 0.25) is 0 Å². The predicted octanol–water partition coefficient (Wildman–Crippen LogP) is 7.28. The van der Waals surface area contributed by atoms with Gasteiger partial charge in [-0.25, -0.2) is 0 Å². The van der Waals surface area contributed by atoms with Gasteiger partial charge in [-0.2, -0.15) is 4.39 Å². The van der Waals surface area contributed by atoms with Crippen molar-refractivity contribution in [3.05, 3.63) is 101 Å². The first-order valence-electron chi connectivity index (χ1n) is 10.1. The number of aromatic hydroxyl groups is 1. The molecule has 0 saturated heterocycles. The van der Waals surface area contributed by atoms with Crippen LogP contribution in [-0.4, -0.2) is 9.67 Å². The monoisotopic (exact) mass is 447 g/mol. The van der Waals surface area contributed by atoms with Gasteiger partial charge in [-0.15, -0.1) is 0 Å². The van der Waals surface area contributed by atoms with Crippen molar-refractivity contribution < 1.29 is 18.7 Å². The van der Waals surface area contributed by atoms with Crippen molar-refractivity contribution in [2.24, 2.45) is 0 Å². The highest BCUT2D eigenvalue weighted by molar-refractivity contribution is 6.33. The van der Waals surface area contributed by atoms with Gasteiger partial charge in [0, 0.05) is 11.5 Å². The maximum Gasteiger partial charge on any atom is 0.278 e. The number of rotatable bonds is 5. The van der Waals surface area contributed by atoms with Crippen LogP contribution in [0.3, 0.4) is 0 Å². The SMILES string of the molecule is Cc1c(-n2c(-c3ccc(F)o3)cc3cccc(OCc4ccccc4)c32)ccc(O)c1Cl. The Hall–Kier alpha value is -3.70. The molecule has 0 fully saturated rings. The van der Waals surface area contributed by atoms with E-state index in [1.54, 1.807) is 12.1 Å². The smallest absolute Gasteiger partial charge is 0.278 e. The van der Waals surface area contributed by atoms with Crippen LogP contribution in [0, 0.1) is 12.9 Å². The molecule has 0 atom stereocenters. The number of benzene rings is 3. The largest absolute Gasteiger partial charge is 0.506 e. The number of fused-ring (bicyclic) bond motifs is 1. The zero-order valence-electron chi connectivity index (χ0n) is 17.2. The van der Waals surface area contributed by atoms with Crippen LogP contribution < -0.4 is 4.74 Å². The first-order chi connectivity index (χ1) is 15.5. The Labute approximate surface area is 189 Å². The van der Waals surface area contributed by atoms with Gasteiger partial charge in [0.1, 0.15) is 18.1 Å². The fourth-order valence-corrected chi connectivity index (χ4v) is 4.03. The van der Waals surface area contributed by atoms with Crippen LogP contribution in [0.15, 0.2) is 83.3 Å².